The van der Waals surface area contributed by atoms with Gasteiger partial charge in [-0.05, 0) is 37.1 Å². The van der Waals surface area contributed by atoms with Gasteiger partial charge in [-0.3, -0.25) is 4.79 Å². The Kier molecular flexibility index (Phi) is 5.01. The molecule has 0 aromatic heterocycles. The maximum Gasteiger partial charge on any atom is 0.227 e. The molecule has 1 aliphatic rings. The third-order valence-corrected chi connectivity index (χ3v) is 2.76. The molecule has 0 N–H and O–H groups in total. The van der Waals surface area contributed by atoms with Crippen LogP contribution in [0.2, 0.25) is 0 Å². The van der Waals surface area contributed by atoms with Crippen LogP contribution in [0.3, 0.4) is 0 Å². The van der Waals surface area contributed by atoms with Crippen LogP contribution >= 0.6 is 0 Å². The summed E-state index contributed by atoms with van der Waals surface area (Å²) in [5.41, 5.74) is 2.05. The fourth-order valence-corrected chi connectivity index (χ4v) is 1.95. The highest BCUT2D eigenvalue weighted by atomic mass is 16.5. The highest BCUT2D eigenvalue weighted by Crippen LogP contribution is 2.26. The first-order valence-electron chi connectivity index (χ1n) is 6.17. The molecule has 3 nitrogen and oxygen atoms in total. The molecule has 0 bridgehead atoms. The second-order valence-corrected chi connectivity index (χ2v) is 3.80. The summed E-state index contributed by atoms with van der Waals surface area (Å²) in [6.07, 6.45) is 1.63. The van der Waals surface area contributed by atoms with Gasteiger partial charge in [0, 0.05) is 18.7 Å². The number of hydrogen-bond acceptors (Lipinski definition) is 2. The first-order chi connectivity index (χ1) is 8.22. The van der Waals surface area contributed by atoms with E-state index in [1.165, 1.54) is 0 Å². The molecule has 0 radical (unpaired) electrons. The average molecular weight is 235 g/mol. The summed E-state index contributed by atoms with van der Waals surface area (Å²) in [5, 5.41) is 0. The van der Waals surface area contributed by atoms with Crippen molar-refractivity contribution < 1.29 is 9.53 Å². The van der Waals surface area contributed by atoms with Crippen LogP contribution < -0.4 is 9.64 Å². The zero-order valence-corrected chi connectivity index (χ0v) is 11.1. The topological polar surface area (TPSA) is 29.5 Å². The van der Waals surface area contributed by atoms with Crippen LogP contribution in [0.15, 0.2) is 18.2 Å². The number of anilines is 1. The number of rotatable bonds is 2. The van der Waals surface area contributed by atoms with Crippen LogP contribution in [-0.2, 0) is 4.79 Å². The Bertz CT molecular complexity index is 388. The van der Waals surface area contributed by atoms with Crippen molar-refractivity contribution >= 4 is 11.6 Å². The molecule has 0 saturated carbocycles. The van der Waals surface area contributed by atoms with Gasteiger partial charge < -0.3 is 9.64 Å². The minimum Gasteiger partial charge on any atom is -0.496 e. The number of nitrogens with zero attached hydrogens (tertiary/aromatic N) is 1. The molecule has 17 heavy (non-hydrogen) atoms. The quantitative estimate of drug-likeness (QED) is 0.788. The summed E-state index contributed by atoms with van der Waals surface area (Å²) in [6.45, 7) is 6.83. The maximum absolute atomic E-state index is 11.5. The van der Waals surface area contributed by atoms with E-state index in [1.54, 1.807) is 7.11 Å². The van der Waals surface area contributed by atoms with Gasteiger partial charge in [0.1, 0.15) is 5.75 Å². The molecule has 1 aromatic rings. The Balaban J connectivity index is 0.000000686. The molecule has 94 valence electrons. The molecule has 0 spiro atoms. The first-order valence-corrected chi connectivity index (χ1v) is 6.17. The number of ether oxygens (including phenoxy) is 1. The third-order valence-electron chi connectivity index (χ3n) is 2.76. The average Bonchev–Trinajstić information content (AvgIpc) is 2.78. The highest BCUT2D eigenvalue weighted by molar-refractivity contribution is 5.95. The van der Waals surface area contributed by atoms with Gasteiger partial charge in [0.25, 0.3) is 0 Å². The lowest BCUT2D eigenvalue weighted by atomic mass is 10.2. The Morgan fingerprint density at radius 3 is 2.47 bits per heavy atom. The normalized spacial score (nSPS) is 14.4. The lowest BCUT2D eigenvalue weighted by Crippen LogP contribution is -2.23. The molecule has 1 saturated heterocycles. The van der Waals surface area contributed by atoms with E-state index >= 15 is 0 Å². The van der Waals surface area contributed by atoms with Crippen LogP contribution in [-0.4, -0.2) is 19.6 Å². The number of carbonyl (C=O) groups excluding carboxylic acids is 1. The van der Waals surface area contributed by atoms with Crippen molar-refractivity contribution in [1.29, 1.82) is 0 Å². The standard InChI is InChI=1S/C12H15NO2.C2H6/c1-9-8-10(5-6-11(9)15-2)13-7-3-4-12(13)14;1-2/h5-6,8H,3-4,7H2,1-2H3;1-2H3. The molecule has 0 atom stereocenters. The van der Waals surface area contributed by atoms with Crippen LogP contribution in [0.1, 0.15) is 32.3 Å². The number of benzene rings is 1. The summed E-state index contributed by atoms with van der Waals surface area (Å²) in [7, 11) is 1.66. The molecule has 2 rings (SSSR count). The van der Waals surface area contributed by atoms with Crippen LogP contribution in [0.25, 0.3) is 0 Å². The number of methoxy groups -OCH3 is 1. The molecule has 1 fully saturated rings. The van der Waals surface area contributed by atoms with E-state index in [4.69, 9.17) is 4.74 Å². The summed E-state index contributed by atoms with van der Waals surface area (Å²) < 4.78 is 5.19. The lowest BCUT2D eigenvalue weighted by Gasteiger charge is -2.17. The SMILES string of the molecule is CC.COc1ccc(N2CCCC2=O)cc1C. The van der Waals surface area contributed by atoms with Crippen LogP contribution in [0.4, 0.5) is 5.69 Å². The molecular formula is C14H21NO2. The maximum atomic E-state index is 11.5. The van der Waals surface area contributed by atoms with E-state index in [-0.39, 0.29) is 5.91 Å². The van der Waals surface area contributed by atoms with Gasteiger partial charge in [-0.15, -0.1) is 0 Å². The van der Waals surface area contributed by atoms with Crippen molar-refractivity contribution in [3.63, 3.8) is 0 Å². The van der Waals surface area contributed by atoms with Gasteiger partial charge in [-0.2, -0.15) is 0 Å². The summed E-state index contributed by atoms with van der Waals surface area (Å²) in [4.78, 5) is 13.4. The minimum absolute atomic E-state index is 0.222. The third kappa shape index (κ3) is 2.99. The summed E-state index contributed by atoms with van der Waals surface area (Å²) in [5.74, 6) is 1.09. The number of aryl methyl sites for hydroxylation is 1. The lowest BCUT2D eigenvalue weighted by molar-refractivity contribution is -0.117. The smallest absolute Gasteiger partial charge is 0.227 e. The first kappa shape index (κ1) is 13.6. The molecular weight excluding hydrogens is 214 g/mol. The summed E-state index contributed by atoms with van der Waals surface area (Å²) in [6, 6.07) is 5.85. The van der Waals surface area contributed by atoms with Crippen LogP contribution in [0, 0.1) is 6.92 Å². The second-order valence-electron chi connectivity index (χ2n) is 3.80. The monoisotopic (exact) mass is 235 g/mol. The summed E-state index contributed by atoms with van der Waals surface area (Å²) >= 11 is 0. The molecule has 0 unspecified atom stereocenters. The Hall–Kier alpha value is -1.51. The molecule has 1 amide bonds. The fourth-order valence-electron chi connectivity index (χ4n) is 1.95. The number of carbonyl (C=O) groups is 1. The minimum atomic E-state index is 0.222. The van der Waals surface area contributed by atoms with Crippen molar-refractivity contribution in [2.75, 3.05) is 18.6 Å². The predicted octanol–water partition coefficient (Wildman–Crippen LogP) is 3.16. The van der Waals surface area contributed by atoms with Gasteiger partial charge >= 0.3 is 0 Å². The van der Waals surface area contributed by atoms with Crippen LogP contribution in [0.5, 0.6) is 5.75 Å². The Morgan fingerprint density at radius 1 is 1.29 bits per heavy atom. The molecule has 1 aromatic carbocycles. The van der Waals surface area contributed by atoms with E-state index in [9.17, 15) is 4.79 Å². The zero-order valence-electron chi connectivity index (χ0n) is 11.1. The Labute approximate surface area is 103 Å². The predicted molar refractivity (Wildman–Crippen MR) is 70.7 cm³/mol. The molecule has 1 aliphatic heterocycles. The van der Waals surface area contributed by atoms with Crippen molar-refractivity contribution in [1.82, 2.24) is 0 Å². The van der Waals surface area contributed by atoms with Gasteiger partial charge in [0.15, 0.2) is 0 Å². The largest absolute Gasteiger partial charge is 0.496 e. The van der Waals surface area contributed by atoms with E-state index in [1.807, 2.05) is 43.9 Å². The van der Waals surface area contributed by atoms with E-state index in [0.29, 0.717) is 6.42 Å². The number of amides is 1. The zero-order chi connectivity index (χ0) is 12.8. The van der Waals surface area contributed by atoms with Gasteiger partial charge in [-0.25, -0.2) is 0 Å². The molecule has 0 aliphatic carbocycles. The van der Waals surface area contributed by atoms with Gasteiger partial charge in [0.2, 0.25) is 5.91 Å². The molecule has 3 heteroatoms. The van der Waals surface area contributed by atoms with Crippen molar-refractivity contribution in [3.05, 3.63) is 23.8 Å². The fraction of sp³-hybridized carbons (Fsp3) is 0.500. The molecule has 1 heterocycles. The Morgan fingerprint density at radius 2 is 2.00 bits per heavy atom. The second kappa shape index (κ2) is 6.28. The van der Waals surface area contributed by atoms with E-state index in [0.717, 1.165) is 30.0 Å². The van der Waals surface area contributed by atoms with Crippen molar-refractivity contribution in [2.45, 2.75) is 33.6 Å². The van der Waals surface area contributed by atoms with Crippen molar-refractivity contribution in [3.8, 4) is 5.75 Å². The van der Waals surface area contributed by atoms with E-state index in [2.05, 4.69) is 0 Å². The van der Waals surface area contributed by atoms with Crippen molar-refractivity contribution in [2.24, 2.45) is 0 Å². The van der Waals surface area contributed by atoms with Gasteiger partial charge in [0.05, 0.1) is 7.11 Å². The van der Waals surface area contributed by atoms with Gasteiger partial charge in [-0.1, -0.05) is 13.8 Å². The number of hydrogen-bond donors (Lipinski definition) is 0. The highest BCUT2D eigenvalue weighted by Gasteiger charge is 2.21. The van der Waals surface area contributed by atoms with E-state index < -0.39 is 0 Å².